The predicted molar refractivity (Wildman–Crippen MR) is 70.8 cm³/mol. The molecule has 0 amide bonds. The van der Waals surface area contributed by atoms with E-state index < -0.39 is 0 Å². The van der Waals surface area contributed by atoms with E-state index in [1.807, 2.05) is 13.0 Å². The predicted octanol–water partition coefficient (Wildman–Crippen LogP) is 0.780. The van der Waals surface area contributed by atoms with E-state index in [1.165, 1.54) is 0 Å². The number of aromatic nitrogens is 1. The van der Waals surface area contributed by atoms with Gasteiger partial charge in [-0.25, -0.2) is 4.98 Å². The Bertz CT molecular complexity index is 416. The Morgan fingerprint density at radius 1 is 1.67 bits per heavy atom. The molecule has 18 heavy (non-hydrogen) atoms. The molecule has 0 aliphatic carbocycles. The molecule has 1 aliphatic rings. The number of hydrogen-bond donors (Lipinski definition) is 2. The summed E-state index contributed by atoms with van der Waals surface area (Å²) in [5, 5.41) is 9.78. The highest BCUT2D eigenvalue weighted by atomic mass is 35.5. The summed E-state index contributed by atoms with van der Waals surface area (Å²) in [5.74, 6) is 0.717. The van der Waals surface area contributed by atoms with Crippen LogP contribution >= 0.6 is 11.6 Å². The molecule has 1 saturated heterocycles. The normalized spacial score (nSPS) is 24.3. The first kappa shape index (κ1) is 13.5. The third-order valence-electron chi connectivity index (χ3n) is 3.15. The van der Waals surface area contributed by atoms with Crippen LogP contribution in [-0.4, -0.2) is 42.0 Å². The number of pyridine rings is 1. The van der Waals surface area contributed by atoms with Crippen LogP contribution in [0, 0.1) is 0 Å². The van der Waals surface area contributed by atoms with E-state index in [4.69, 9.17) is 22.1 Å². The molecule has 0 saturated carbocycles. The molecule has 2 rings (SSSR count). The first-order chi connectivity index (χ1) is 8.67. The minimum atomic E-state index is -0.194. The number of anilines is 1. The zero-order valence-electron chi connectivity index (χ0n) is 10.3. The number of rotatable bonds is 3. The van der Waals surface area contributed by atoms with E-state index in [0.717, 1.165) is 5.56 Å². The average Bonchev–Trinajstić information content (AvgIpc) is 2.40. The number of halogens is 1. The van der Waals surface area contributed by atoms with Gasteiger partial charge in [0.2, 0.25) is 0 Å². The Hall–Kier alpha value is -0.880. The van der Waals surface area contributed by atoms with Gasteiger partial charge in [0.15, 0.2) is 0 Å². The maximum atomic E-state index is 9.19. The van der Waals surface area contributed by atoms with Crippen molar-refractivity contribution in [2.75, 3.05) is 24.7 Å². The number of hydrogen-bond acceptors (Lipinski definition) is 5. The first-order valence-electron chi connectivity index (χ1n) is 6.00. The van der Waals surface area contributed by atoms with Gasteiger partial charge in [-0.15, -0.1) is 0 Å². The third kappa shape index (κ3) is 2.59. The fraction of sp³-hybridized carbons (Fsp3) is 0.583. The highest BCUT2D eigenvalue weighted by molar-refractivity contribution is 6.33. The van der Waals surface area contributed by atoms with Crippen LogP contribution < -0.4 is 10.6 Å². The van der Waals surface area contributed by atoms with Crippen molar-refractivity contribution in [3.63, 3.8) is 0 Å². The fourth-order valence-electron chi connectivity index (χ4n) is 2.05. The number of morpholine rings is 1. The lowest BCUT2D eigenvalue weighted by molar-refractivity contribution is -0.0105. The standard InChI is InChI=1S/C12H18ClN3O2/c1-8-7-18-10(6-17)5-16(8)12-11(13)9(4-14)2-3-15-12/h2-3,8,10,17H,4-7,14H2,1H3. The van der Waals surface area contributed by atoms with Gasteiger partial charge in [0.25, 0.3) is 0 Å². The molecule has 2 atom stereocenters. The van der Waals surface area contributed by atoms with Gasteiger partial charge in [0.1, 0.15) is 5.82 Å². The molecule has 5 nitrogen and oxygen atoms in total. The van der Waals surface area contributed by atoms with Gasteiger partial charge in [0, 0.05) is 19.3 Å². The van der Waals surface area contributed by atoms with Crippen molar-refractivity contribution in [2.45, 2.75) is 25.6 Å². The van der Waals surface area contributed by atoms with E-state index >= 15 is 0 Å². The second kappa shape index (κ2) is 5.84. The average molecular weight is 272 g/mol. The minimum Gasteiger partial charge on any atom is -0.394 e. The van der Waals surface area contributed by atoms with Gasteiger partial charge >= 0.3 is 0 Å². The van der Waals surface area contributed by atoms with Gasteiger partial charge in [-0.05, 0) is 18.6 Å². The molecule has 0 bridgehead atoms. The van der Waals surface area contributed by atoms with E-state index in [1.54, 1.807) is 6.20 Å². The number of ether oxygens (including phenoxy) is 1. The van der Waals surface area contributed by atoms with Crippen LogP contribution in [0.1, 0.15) is 12.5 Å². The number of nitrogens with two attached hydrogens (primary N) is 1. The molecule has 1 aromatic rings. The molecule has 100 valence electrons. The quantitative estimate of drug-likeness (QED) is 0.850. The Kier molecular flexibility index (Phi) is 4.40. The molecule has 0 aromatic carbocycles. The van der Waals surface area contributed by atoms with Crippen molar-refractivity contribution in [1.82, 2.24) is 4.98 Å². The van der Waals surface area contributed by atoms with Gasteiger partial charge in [-0.1, -0.05) is 11.6 Å². The number of aliphatic hydroxyl groups excluding tert-OH is 1. The monoisotopic (exact) mass is 271 g/mol. The first-order valence-corrected chi connectivity index (χ1v) is 6.37. The van der Waals surface area contributed by atoms with Crippen LogP contribution in [-0.2, 0) is 11.3 Å². The summed E-state index contributed by atoms with van der Waals surface area (Å²) in [7, 11) is 0. The highest BCUT2D eigenvalue weighted by Gasteiger charge is 2.28. The summed E-state index contributed by atoms with van der Waals surface area (Å²) < 4.78 is 5.50. The number of nitrogens with zero attached hydrogens (tertiary/aromatic N) is 2. The minimum absolute atomic E-state index is 0.00256. The Labute approximate surface area is 112 Å². The van der Waals surface area contributed by atoms with Crippen molar-refractivity contribution in [2.24, 2.45) is 5.73 Å². The second-order valence-electron chi connectivity index (χ2n) is 4.45. The molecule has 2 heterocycles. The summed E-state index contributed by atoms with van der Waals surface area (Å²) >= 11 is 6.31. The lowest BCUT2D eigenvalue weighted by Gasteiger charge is -2.38. The molecule has 0 spiro atoms. The van der Waals surface area contributed by atoms with Gasteiger partial charge in [0.05, 0.1) is 30.4 Å². The van der Waals surface area contributed by atoms with Crippen LogP contribution in [0.2, 0.25) is 5.02 Å². The molecule has 6 heteroatoms. The van der Waals surface area contributed by atoms with Crippen molar-refractivity contribution >= 4 is 17.4 Å². The van der Waals surface area contributed by atoms with Crippen LogP contribution in [0.5, 0.6) is 0 Å². The summed E-state index contributed by atoms with van der Waals surface area (Å²) in [5.41, 5.74) is 6.52. The molecule has 2 unspecified atom stereocenters. The summed E-state index contributed by atoms with van der Waals surface area (Å²) in [6.07, 6.45) is 1.51. The van der Waals surface area contributed by atoms with E-state index in [9.17, 15) is 5.11 Å². The molecular weight excluding hydrogens is 254 g/mol. The van der Waals surface area contributed by atoms with Crippen LogP contribution in [0.3, 0.4) is 0 Å². The zero-order chi connectivity index (χ0) is 13.1. The van der Waals surface area contributed by atoms with Crippen LogP contribution in [0.15, 0.2) is 12.3 Å². The Morgan fingerprint density at radius 3 is 3.11 bits per heavy atom. The highest BCUT2D eigenvalue weighted by Crippen LogP contribution is 2.29. The maximum absolute atomic E-state index is 9.19. The number of aliphatic hydroxyl groups is 1. The SMILES string of the molecule is CC1COC(CO)CN1c1nccc(CN)c1Cl. The largest absolute Gasteiger partial charge is 0.394 e. The second-order valence-corrected chi connectivity index (χ2v) is 4.83. The van der Waals surface area contributed by atoms with Gasteiger partial charge in [-0.3, -0.25) is 0 Å². The van der Waals surface area contributed by atoms with Crippen molar-refractivity contribution < 1.29 is 9.84 Å². The Morgan fingerprint density at radius 2 is 2.44 bits per heavy atom. The molecule has 1 aromatic heterocycles. The summed E-state index contributed by atoms with van der Waals surface area (Å²) in [6, 6.07) is 1.99. The maximum Gasteiger partial charge on any atom is 0.148 e. The van der Waals surface area contributed by atoms with Crippen molar-refractivity contribution in [3.8, 4) is 0 Å². The van der Waals surface area contributed by atoms with Gasteiger partial charge < -0.3 is 20.5 Å². The van der Waals surface area contributed by atoms with E-state index in [2.05, 4.69) is 9.88 Å². The van der Waals surface area contributed by atoms with Crippen LogP contribution in [0.25, 0.3) is 0 Å². The molecular formula is C12H18ClN3O2. The summed E-state index contributed by atoms with van der Waals surface area (Å²) in [6.45, 7) is 3.56. The lowest BCUT2D eigenvalue weighted by atomic mass is 10.1. The Balaban J connectivity index is 2.28. The zero-order valence-corrected chi connectivity index (χ0v) is 11.1. The van der Waals surface area contributed by atoms with Crippen molar-refractivity contribution in [3.05, 3.63) is 22.8 Å². The topological polar surface area (TPSA) is 71.6 Å². The van der Waals surface area contributed by atoms with E-state index in [0.29, 0.717) is 30.5 Å². The molecule has 3 N–H and O–H groups in total. The summed E-state index contributed by atoms with van der Waals surface area (Å²) in [4.78, 5) is 6.39. The van der Waals surface area contributed by atoms with Crippen molar-refractivity contribution in [1.29, 1.82) is 0 Å². The van der Waals surface area contributed by atoms with E-state index in [-0.39, 0.29) is 18.8 Å². The molecule has 1 fully saturated rings. The molecule has 1 aliphatic heterocycles. The van der Waals surface area contributed by atoms with Crippen LogP contribution in [0.4, 0.5) is 5.82 Å². The fourth-order valence-corrected chi connectivity index (χ4v) is 2.35. The van der Waals surface area contributed by atoms with Gasteiger partial charge in [-0.2, -0.15) is 0 Å². The smallest absolute Gasteiger partial charge is 0.148 e. The molecule has 0 radical (unpaired) electrons. The lowest BCUT2D eigenvalue weighted by Crippen LogP contribution is -2.50. The third-order valence-corrected chi connectivity index (χ3v) is 3.56.